The molecular formula is C13H17N2O4P. The van der Waals surface area contributed by atoms with Crippen molar-refractivity contribution >= 4 is 24.4 Å². The third-order valence-corrected chi connectivity index (χ3v) is 3.87. The van der Waals surface area contributed by atoms with Crippen molar-refractivity contribution in [2.45, 2.75) is 12.8 Å². The zero-order valence-electron chi connectivity index (χ0n) is 10.9. The van der Waals surface area contributed by atoms with Gasteiger partial charge in [0.1, 0.15) is 0 Å². The van der Waals surface area contributed by atoms with Crippen molar-refractivity contribution in [3.8, 4) is 0 Å². The van der Waals surface area contributed by atoms with Gasteiger partial charge in [-0.3, -0.25) is 9.36 Å². The van der Waals surface area contributed by atoms with E-state index in [0.717, 1.165) is 16.5 Å². The number of benzene rings is 1. The molecule has 0 fully saturated rings. The molecule has 0 saturated carbocycles. The van der Waals surface area contributed by atoms with Crippen molar-refractivity contribution in [1.29, 1.82) is 0 Å². The molecule has 2 rings (SSSR count). The first-order chi connectivity index (χ1) is 9.46. The van der Waals surface area contributed by atoms with Gasteiger partial charge in [-0.2, -0.15) is 0 Å². The summed E-state index contributed by atoms with van der Waals surface area (Å²) < 4.78 is 10.7. The Balaban J connectivity index is 1.84. The highest BCUT2D eigenvalue weighted by Crippen LogP contribution is 2.34. The summed E-state index contributed by atoms with van der Waals surface area (Å²) >= 11 is 0. The van der Waals surface area contributed by atoms with E-state index in [2.05, 4.69) is 10.3 Å². The van der Waals surface area contributed by atoms with Crippen LogP contribution in [0.3, 0.4) is 0 Å². The number of para-hydroxylation sites is 1. The van der Waals surface area contributed by atoms with E-state index < -0.39 is 7.60 Å². The van der Waals surface area contributed by atoms with Crippen LogP contribution in [0.5, 0.6) is 0 Å². The maximum absolute atomic E-state index is 11.8. The molecule has 0 unspecified atom stereocenters. The summed E-state index contributed by atoms with van der Waals surface area (Å²) in [7, 11) is -3.97. The van der Waals surface area contributed by atoms with Gasteiger partial charge in [0.05, 0.1) is 12.6 Å². The molecule has 0 aliphatic rings. The lowest BCUT2D eigenvalue weighted by Crippen LogP contribution is -2.26. The average Bonchev–Trinajstić information content (AvgIpc) is 2.77. The van der Waals surface area contributed by atoms with Gasteiger partial charge in [0.15, 0.2) is 0 Å². The quantitative estimate of drug-likeness (QED) is 0.478. The fraction of sp³-hybridized carbons (Fsp3) is 0.308. The van der Waals surface area contributed by atoms with E-state index in [4.69, 9.17) is 9.79 Å². The minimum absolute atomic E-state index is 0.152. The maximum Gasteiger partial charge on any atom is 0.325 e. The number of amides is 1. The Hall–Kier alpha value is -1.62. The average molecular weight is 296 g/mol. The Kier molecular flexibility index (Phi) is 4.60. The normalized spacial score (nSPS) is 11.7. The molecule has 7 heteroatoms. The minimum Gasteiger partial charge on any atom is -0.361 e. The monoisotopic (exact) mass is 296 g/mol. The van der Waals surface area contributed by atoms with E-state index in [1.165, 1.54) is 0 Å². The van der Waals surface area contributed by atoms with Crippen LogP contribution in [0.2, 0.25) is 0 Å². The summed E-state index contributed by atoms with van der Waals surface area (Å²) in [6.45, 7) is 0.270. The Morgan fingerprint density at radius 3 is 2.80 bits per heavy atom. The highest BCUT2D eigenvalue weighted by atomic mass is 31.2. The first-order valence-corrected chi connectivity index (χ1v) is 8.12. The molecule has 0 spiro atoms. The van der Waals surface area contributed by atoms with Gasteiger partial charge >= 0.3 is 7.60 Å². The van der Waals surface area contributed by atoms with Crippen molar-refractivity contribution < 1.29 is 19.1 Å². The summed E-state index contributed by atoms with van der Waals surface area (Å²) in [5, 5.41) is 3.67. The first-order valence-electron chi connectivity index (χ1n) is 6.32. The largest absolute Gasteiger partial charge is 0.361 e. The second-order valence-electron chi connectivity index (χ2n) is 4.63. The van der Waals surface area contributed by atoms with Crippen LogP contribution < -0.4 is 5.32 Å². The Morgan fingerprint density at radius 1 is 1.30 bits per heavy atom. The SMILES string of the molecule is O=C(Cc1c[nH]c2ccccc12)NCCCP(=O)(O)O. The number of fused-ring (bicyclic) bond motifs is 1. The topological polar surface area (TPSA) is 102 Å². The molecule has 1 aromatic carbocycles. The number of aromatic nitrogens is 1. The Labute approximate surface area is 116 Å². The van der Waals surface area contributed by atoms with E-state index >= 15 is 0 Å². The van der Waals surface area contributed by atoms with Crippen LogP contribution in [-0.4, -0.2) is 33.4 Å². The van der Waals surface area contributed by atoms with E-state index in [1.807, 2.05) is 24.3 Å². The number of H-pyrrole nitrogens is 1. The molecule has 0 aliphatic carbocycles. The van der Waals surface area contributed by atoms with Crippen LogP contribution in [0, 0.1) is 0 Å². The highest BCUT2D eigenvalue weighted by molar-refractivity contribution is 7.51. The molecule has 1 amide bonds. The fourth-order valence-electron chi connectivity index (χ4n) is 2.03. The number of carbonyl (C=O) groups excluding carboxylic acids is 1. The molecule has 2 aromatic rings. The highest BCUT2D eigenvalue weighted by Gasteiger charge is 2.12. The summed E-state index contributed by atoms with van der Waals surface area (Å²) in [5.74, 6) is -0.152. The molecule has 0 atom stereocenters. The van der Waals surface area contributed by atoms with Crippen LogP contribution in [-0.2, 0) is 15.8 Å². The van der Waals surface area contributed by atoms with Gasteiger partial charge in [-0.05, 0) is 18.1 Å². The number of hydrogen-bond donors (Lipinski definition) is 4. The molecule has 0 saturated heterocycles. The van der Waals surface area contributed by atoms with E-state index in [-0.39, 0.29) is 31.5 Å². The lowest BCUT2D eigenvalue weighted by atomic mass is 10.1. The van der Waals surface area contributed by atoms with Gasteiger partial charge < -0.3 is 20.1 Å². The van der Waals surface area contributed by atoms with E-state index in [9.17, 15) is 9.36 Å². The van der Waals surface area contributed by atoms with Crippen LogP contribution in [0.15, 0.2) is 30.5 Å². The van der Waals surface area contributed by atoms with Crippen molar-refractivity contribution in [3.63, 3.8) is 0 Å². The zero-order chi connectivity index (χ0) is 14.6. The van der Waals surface area contributed by atoms with Gasteiger partial charge in [-0.25, -0.2) is 0 Å². The maximum atomic E-state index is 11.8. The third-order valence-electron chi connectivity index (χ3n) is 2.97. The molecule has 1 heterocycles. The Morgan fingerprint density at radius 2 is 2.05 bits per heavy atom. The molecule has 20 heavy (non-hydrogen) atoms. The minimum atomic E-state index is -3.97. The zero-order valence-corrected chi connectivity index (χ0v) is 11.8. The number of rotatable bonds is 6. The summed E-state index contributed by atoms with van der Waals surface area (Å²) in [6, 6.07) is 7.72. The van der Waals surface area contributed by atoms with Crippen LogP contribution in [0.1, 0.15) is 12.0 Å². The Bertz CT molecular complexity index is 647. The van der Waals surface area contributed by atoms with Gasteiger partial charge in [-0.15, -0.1) is 0 Å². The third kappa shape index (κ3) is 4.20. The smallest absolute Gasteiger partial charge is 0.325 e. The molecular weight excluding hydrogens is 279 g/mol. The number of carbonyl (C=O) groups is 1. The second-order valence-corrected chi connectivity index (χ2v) is 6.40. The van der Waals surface area contributed by atoms with Crippen molar-refractivity contribution in [1.82, 2.24) is 10.3 Å². The molecule has 0 radical (unpaired) electrons. The van der Waals surface area contributed by atoms with E-state index in [1.54, 1.807) is 6.20 Å². The van der Waals surface area contributed by atoms with Gasteiger partial charge in [0, 0.05) is 23.6 Å². The standard InChI is InChI=1S/C13H17N2O4P/c16-13(14-6-3-7-20(17,18)19)8-10-9-15-12-5-2-1-4-11(10)12/h1-2,4-5,9,15H,3,6-8H2,(H,14,16)(H2,17,18,19). The number of aromatic amines is 1. The first kappa shape index (κ1) is 14.8. The molecule has 0 bridgehead atoms. The van der Waals surface area contributed by atoms with Crippen molar-refractivity contribution in [2.75, 3.05) is 12.7 Å². The molecule has 0 aliphatic heterocycles. The van der Waals surface area contributed by atoms with E-state index in [0.29, 0.717) is 0 Å². The summed E-state index contributed by atoms with van der Waals surface area (Å²) in [6.07, 6.45) is 2.12. The second kappa shape index (κ2) is 6.22. The van der Waals surface area contributed by atoms with Crippen LogP contribution in [0.25, 0.3) is 10.9 Å². The molecule has 108 valence electrons. The lowest BCUT2D eigenvalue weighted by molar-refractivity contribution is -0.120. The lowest BCUT2D eigenvalue weighted by Gasteiger charge is -2.06. The van der Waals surface area contributed by atoms with Crippen molar-refractivity contribution in [2.24, 2.45) is 0 Å². The number of nitrogens with one attached hydrogen (secondary N) is 2. The van der Waals surface area contributed by atoms with Gasteiger partial charge in [0.2, 0.25) is 5.91 Å². The van der Waals surface area contributed by atoms with Gasteiger partial charge in [0.25, 0.3) is 0 Å². The predicted octanol–water partition coefficient (Wildman–Crippen LogP) is 1.39. The van der Waals surface area contributed by atoms with Crippen molar-refractivity contribution in [3.05, 3.63) is 36.0 Å². The predicted molar refractivity (Wildman–Crippen MR) is 76.5 cm³/mol. The summed E-state index contributed by atoms with van der Waals surface area (Å²) in [5.41, 5.74) is 1.89. The summed E-state index contributed by atoms with van der Waals surface area (Å²) in [4.78, 5) is 32.3. The molecule has 4 N–H and O–H groups in total. The molecule has 1 aromatic heterocycles. The van der Waals surface area contributed by atoms with Crippen LogP contribution in [0.4, 0.5) is 0 Å². The number of hydrogen-bond acceptors (Lipinski definition) is 2. The van der Waals surface area contributed by atoms with Gasteiger partial charge in [-0.1, -0.05) is 18.2 Å². The fourth-order valence-corrected chi connectivity index (χ4v) is 2.60. The van der Waals surface area contributed by atoms with Crippen LogP contribution >= 0.6 is 7.60 Å². The molecule has 6 nitrogen and oxygen atoms in total.